The molecule has 0 atom stereocenters. The van der Waals surface area contributed by atoms with E-state index in [2.05, 4.69) is 0 Å². The van der Waals surface area contributed by atoms with Crippen molar-refractivity contribution in [2.75, 3.05) is 0 Å². The van der Waals surface area contributed by atoms with E-state index in [0.29, 0.717) is 0 Å². The van der Waals surface area contributed by atoms with E-state index in [0.717, 1.165) is 6.07 Å². The number of aromatic amines is 2. The predicted octanol–water partition coefficient (Wildman–Crippen LogP) is -3.07. The maximum absolute atomic E-state index is 10.5. The summed E-state index contributed by atoms with van der Waals surface area (Å²) in [6.45, 7) is 0. The third-order valence-electron chi connectivity index (χ3n) is 0.894. The molecule has 0 amide bonds. The van der Waals surface area contributed by atoms with Crippen LogP contribution in [-0.4, -0.2) is 9.97 Å². The van der Waals surface area contributed by atoms with Gasteiger partial charge in [-0.05, 0) is 0 Å². The number of aromatic nitrogens is 2. The summed E-state index contributed by atoms with van der Waals surface area (Å²) in [4.78, 5) is 24.7. The van der Waals surface area contributed by atoms with E-state index in [1.54, 1.807) is 0 Å². The van der Waals surface area contributed by atoms with Gasteiger partial charge in [0, 0.05) is 0 Å². The average Bonchev–Trinajstić information content (AvgIpc) is 1.85. The number of rotatable bonds is 1. The molecule has 1 heterocycles. The molecule has 0 saturated heterocycles. The zero-order valence-electron chi connectivity index (χ0n) is 5.09. The standard InChI is InChI=1S/C4H3N2O2.Mn.2O/c7-3-1-2-5-4(8)6-3;;;/h1H,(H2,5,6,7,8);;;/q;;;-1. The number of nitrogens with one attached hydrogen (secondary N) is 2. The molecule has 0 aliphatic heterocycles. The van der Waals surface area contributed by atoms with Crippen molar-refractivity contribution in [3.8, 4) is 0 Å². The van der Waals surface area contributed by atoms with Gasteiger partial charge in [0.2, 0.25) is 0 Å². The van der Waals surface area contributed by atoms with Gasteiger partial charge in [0.15, 0.2) is 0 Å². The molecular formula is C4H3MnN2O4-. The first-order chi connectivity index (χ1) is 5.09. The number of hydrogen-bond donors (Lipinski definition) is 2. The van der Waals surface area contributed by atoms with Crippen LogP contribution in [0, 0.1) is 0 Å². The second kappa shape index (κ2) is 2.91. The van der Waals surface area contributed by atoms with Gasteiger partial charge in [-0.1, -0.05) is 0 Å². The summed E-state index contributed by atoms with van der Waals surface area (Å²) in [7, 11) is 0. The quantitative estimate of drug-likeness (QED) is 0.467. The van der Waals surface area contributed by atoms with Crippen molar-refractivity contribution in [1.29, 1.82) is 0 Å². The minimum absolute atomic E-state index is 0.341. The zero-order valence-corrected chi connectivity index (χ0v) is 6.27. The Bertz CT molecular complexity index is 363. The Balaban J connectivity index is 3.42. The topological polar surface area (TPSA) is 106 Å². The fourth-order valence-corrected chi connectivity index (χ4v) is 1.07. The van der Waals surface area contributed by atoms with Crippen molar-refractivity contribution in [2.24, 2.45) is 0 Å². The second-order valence-corrected chi connectivity index (χ2v) is 2.97. The monoisotopic (exact) mass is 198 g/mol. The van der Waals surface area contributed by atoms with Crippen molar-refractivity contribution in [2.45, 2.75) is 0 Å². The van der Waals surface area contributed by atoms with Crippen LogP contribution in [-0.2, 0) is 18.0 Å². The van der Waals surface area contributed by atoms with Crippen molar-refractivity contribution in [3.05, 3.63) is 26.9 Å². The summed E-state index contributed by atoms with van der Waals surface area (Å²) < 4.78 is 20.2. The first-order valence-corrected chi connectivity index (χ1v) is 4.04. The van der Waals surface area contributed by atoms with Crippen LogP contribution < -0.4 is 20.0 Å². The molecule has 2 N–H and O–H groups in total. The molecule has 0 spiro atoms. The molecule has 11 heavy (non-hydrogen) atoms. The molecule has 6 nitrogen and oxygen atoms in total. The van der Waals surface area contributed by atoms with Crippen LogP contribution in [0.5, 0.6) is 0 Å². The van der Waals surface area contributed by atoms with Crippen molar-refractivity contribution in [1.82, 2.24) is 9.97 Å². The molecule has 0 aromatic carbocycles. The van der Waals surface area contributed by atoms with Crippen molar-refractivity contribution >= 4 is 4.59 Å². The third kappa shape index (κ3) is 1.94. The molecule has 1 aromatic rings. The van der Waals surface area contributed by atoms with Crippen molar-refractivity contribution in [3.63, 3.8) is 0 Å². The Hall–Kier alpha value is -1.04. The molecular weight excluding hydrogens is 195 g/mol. The first-order valence-electron chi connectivity index (χ1n) is 2.48. The van der Waals surface area contributed by atoms with Gasteiger partial charge in [-0.3, -0.25) is 0 Å². The number of hydrogen-bond acceptors (Lipinski definition) is 4. The van der Waals surface area contributed by atoms with Crippen LogP contribution in [0.3, 0.4) is 0 Å². The maximum atomic E-state index is 10.5. The summed E-state index contributed by atoms with van der Waals surface area (Å²) in [5.41, 5.74) is -1.54. The van der Waals surface area contributed by atoms with Gasteiger partial charge in [-0.25, -0.2) is 0 Å². The SMILES string of the molecule is O=c1c[c]([Mn](=[O])[O-])[nH]c(=O)[nH]1. The summed E-state index contributed by atoms with van der Waals surface area (Å²) in [5.74, 6) is 0. The summed E-state index contributed by atoms with van der Waals surface area (Å²) in [5, 5.41) is 0. The molecule has 0 saturated carbocycles. The van der Waals surface area contributed by atoms with E-state index in [4.69, 9.17) is 0 Å². The Labute approximate surface area is 64.3 Å². The Kier molecular flexibility index (Phi) is 2.13. The van der Waals surface area contributed by atoms with Crippen LogP contribution >= 0.6 is 0 Å². The molecule has 0 bridgehead atoms. The van der Waals surface area contributed by atoms with Crippen LogP contribution in [0.2, 0.25) is 0 Å². The fourth-order valence-electron chi connectivity index (χ4n) is 0.522. The summed E-state index contributed by atoms with van der Waals surface area (Å²) in [6, 6.07) is 0.816. The van der Waals surface area contributed by atoms with Gasteiger partial charge in [-0.15, -0.1) is 0 Å². The second-order valence-electron chi connectivity index (χ2n) is 1.65. The molecule has 61 valence electrons. The third-order valence-corrected chi connectivity index (χ3v) is 1.73. The zero-order chi connectivity index (χ0) is 8.43. The van der Waals surface area contributed by atoms with E-state index in [1.807, 2.05) is 9.97 Å². The molecule has 0 aliphatic rings. The van der Waals surface area contributed by atoms with Crippen LogP contribution in [0.4, 0.5) is 0 Å². The van der Waals surface area contributed by atoms with E-state index < -0.39 is 25.4 Å². The average molecular weight is 198 g/mol. The van der Waals surface area contributed by atoms with Gasteiger partial charge >= 0.3 is 63.7 Å². The Morgan fingerprint density at radius 1 is 1.36 bits per heavy atom. The van der Waals surface area contributed by atoms with E-state index >= 15 is 0 Å². The fraction of sp³-hybridized carbons (Fsp3) is 0. The predicted molar refractivity (Wildman–Crippen MR) is 28.0 cm³/mol. The Morgan fingerprint density at radius 2 is 2.00 bits per heavy atom. The normalized spacial score (nSPS) is 10.4. The minimum atomic E-state index is -3.25. The summed E-state index contributed by atoms with van der Waals surface area (Å²) >= 11 is -3.25. The van der Waals surface area contributed by atoms with Crippen LogP contribution in [0.25, 0.3) is 0 Å². The summed E-state index contributed by atoms with van der Waals surface area (Å²) in [6.07, 6.45) is 0. The van der Waals surface area contributed by atoms with E-state index in [9.17, 15) is 17.6 Å². The Morgan fingerprint density at radius 3 is 2.45 bits per heavy atom. The molecule has 7 heteroatoms. The van der Waals surface area contributed by atoms with Gasteiger partial charge < -0.3 is 0 Å². The van der Waals surface area contributed by atoms with Gasteiger partial charge in [0.05, 0.1) is 0 Å². The van der Waals surface area contributed by atoms with Crippen LogP contribution in [0.15, 0.2) is 15.7 Å². The molecule has 1 rings (SSSR count). The molecule has 1 aromatic heterocycles. The molecule has 0 unspecified atom stereocenters. The van der Waals surface area contributed by atoms with Gasteiger partial charge in [0.1, 0.15) is 0 Å². The van der Waals surface area contributed by atoms with Crippen LogP contribution in [0.1, 0.15) is 0 Å². The van der Waals surface area contributed by atoms with Crippen molar-refractivity contribution < 1.29 is 22.2 Å². The van der Waals surface area contributed by atoms with Gasteiger partial charge in [-0.2, -0.15) is 0 Å². The molecule has 0 aliphatic carbocycles. The molecule has 0 radical (unpaired) electrons. The van der Waals surface area contributed by atoms with E-state index in [-0.39, 0.29) is 4.59 Å². The first kappa shape index (κ1) is 8.06. The number of H-pyrrole nitrogens is 2. The van der Waals surface area contributed by atoms with Gasteiger partial charge in [0.25, 0.3) is 0 Å². The van der Waals surface area contributed by atoms with E-state index in [1.165, 1.54) is 0 Å². The molecule has 0 fully saturated rings.